The summed E-state index contributed by atoms with van der Waals surface area (Å²) in [5, 5.41) is 2.01. The molecule has 1 aromatic carbocycles. The zero-order valence-electron chi connectivity index (χ0n) is 16.7. The number of rotatable bonds is 2. The molecular weight excluding hydrogens is 356 g/mol. The summed E-state index contributed by atoms with van der Waals surface area (Å²) in [6.07, 6.45) is 2.99. The normalized spacial score (nSPS) is 13.2. The van der Waals surface area contributed by atoms with Gasteiger partial charge in [-0.1, -0.05) is 53.7 Å². The summed E-state index contributed by atoms with van der Waals surface area (Å²) in [6.45, 7) is 12.8. The maximum Gasteiger partial charge on any atom is 0.267 e. The van der Waals surface area contributed by atoms with E-state index in [1.165, 1.54) is 29.4 Å². The van der Waals surface area contributed by atoms with E-state index in [-0.39, 0.29) is 16.7 Å². The first kappa shape index (κ1) is 19.4. The van der Waals surface area contributed by atoms with Crippen LogP contribution in [0.25, 0.3) is 0 Å². The van der Waals surface area contributed by atoms with E-state index in [0.29, 0.717) is 10.4 Å². The van der Waals surface area contributed by atoms with Crippen molar-refractivity contribution in [2.24, 2.45) is 4.99 Å². The van der Waals surface area contributed by atoms with Crippen molar-refractivity contribution in [3.8, 4) is 0 Å². The average Bonchev–Trinajstić information content (AvgIpc) is 3.23. The number of carbonyl (C=O) groups is 1. The predicted molar refractivity (Wildman–Crippen MR) is 110 cm³/mol. The fourth-order valence-corrected chi connectivity index (χ4v) is 3.88. The predicted octanol–water partition coefficient (Wildman–Crippen LogP) is 5.66. The third kappa shape index (κ3) is 4.14. The topological polar surface area (TPSA) is 47.5 Å². The van der Waals surface area contributed by atoms with E-state index < -0.39 is 0 Å². The van der Waals surface area contributed by atoms with Crippen LogP contribution in [0.3, 0.4) is 0 Å². The third-order valence-corrected chi connectivity index (χ3v) is 5.23. The molecule has 0 saturated carbocycles. The molecule has 0 atom stereocenters. The lowest BCUT2D eigenvalue weighted by molar-refractivity contribution is 0.0949. The molecule has 4 nitrogen and oxygen atoms in total. The monoisotopic (exact) mass is 382 g/mol. The highest BCUT2D eigenvalue weighted by Crippen LogP contribution is 2.26. The number of thiazole rings is 1. The maximum atomic E-state index is 13.1. The van der Waals surface area contributed by atoms with Crippen LogP contribution in [-0.2, 0) is 10.8 Å². The SMILES string of the molecule is CC(C)(C)c1ccc(N=c2scc(C(C)(C)C)n2C(=O)c2ccoc2)cc1. The fourth-order valence-electron chi connectivity index (χ4n) is 2.76. The van der Waals surface area contributed by atoms with Gasteiger partial charge in [-0.2, -0.15) is 0 Å². The Hall–Kier alpha value is -2.40. The molecule has 0 saturated heterocycles. The third-order valence-electron chi connectivity index (χ3n) is 4.41. The highest BCUT2D eigenvalue weighted by atomic mass is 32.1. The molecule has 0 fully saturated rings. The van der Waals surface area contributed by atoms with Crippen LogP contribution in [0.2, 0.25) is 0 Å². The first-order chi connectivity index (χ1) is 12.6. The molecule has 0 aliphatic rings. The van der Waals surface area contributed by atoms with Gasteiger partial charge in [0.1, 0.15) is 6.26 Å². The van der Waals surface area contributed by atoms with Gasteiger partial charge in [0.2, 0.25) is 0 Å². The molecule has 0 bridgehead atoms. The summed E-state index contributed by atoms with van der Waals surface area (Å²) in [5.74, 6) is -0.125. The number of benzene rings is 1. The van der Waals surface area contributed by atoms with Gasteiger partial charge in [-0.3, -0.25) is 9.36 Å². The summed E-state index contributed by atoms with van der Waals surface area (Å²) in [5.41, 5.74) is 3.45. The molecule has 0 aliphatic carbocycles. The summed E-state index contributed by atoms with van der Waals surface area (Å²) in [7, 11) is 0. The zero-order chi connectivity index (χ0) is 19.8. The van der Waals surface area contributed by atoms with Crippen molar-refractivity contribution in [2.75, 3.05) is 0 Å². The van der Waals surface area contributed by atoms with Gasteiger partial charge in [-0.25, -0.2) is 4.99 Å². The molecular formula is C22H26N2O2S. The molecule has 0 spiro atoms. The lowest BCUT2D eigenvalue weighted by atomic mass is 9.87. The molecule has 3 aromatic rings. The number of carbonyl (C=O) groups excluding carboxylic acids is 1. The van der Waals surface area contributed by atoms with E-state index in [1.54, 1.807) is 10.6 Å². The van der Waals surface area contributed by atoms with Crippen LogP contribution in [0.1, 0.15) is 63.2 Å². The van der Waals surface area contributed by atoms with Crippen LogP contribution >= 0.6 is 11.3 Å². The van der Waals surface area contributed by atoms with Crippen LogP contribution in [0.15, 0.2) is 57.6 Å². The van der Waals surface area contributed by atoms with Crippen LogP contribution in [0.4, 0.5) is 5.69 Å². The molecule has 5 heteroatoms. The highest BCUT2D eigenvalue weighted by Gasteiger charge is 2.24. The molecule has 27 heavy (non-hydrogen) atoms. The standard InChI is InChI=1S/C22H26N2O2S/c1-21(2,3)16-7-9-17(10-8-16)23-20-24(18(14-27-20)22(4,5)6)19(25)15-11-12-26-13-15/h7-14H,1-6H3. The summed E-state index contributed by atoms with van der Waals surface area (Å²) < 4.78 is 6.80. The first-order valence-electron chi connectivity index (χ1n) is 9.00. The highest BCUT2D eigenvalue weighted by molar-refractivity contribution is 7.07. The van der Waals surface area contributed by atoms with Crippen molar-refractivity contribution in [3.05, 3.63) is 69.9 Å². The molecule has 0 radical (unpaired) electrons. The van der Waals surface area contributed by atoms with Crippen molar-refractivity contribution < 1.29 is 9.21 Å². The van der Waals surface area contributed by atoms with Gasteiger partial charge in [0.25, 0.3) is 5.91 Å². The van der Waals surface area contributed by atoms with Gasteiger partial charge in [0.05, 0.1) is 17.5 Å². The second-order valence-corrected chi connectivity index (χ2v) is 9.55. The minimum Gasteiger partial charge on any atom is -0.472 e. The van der Waals surface area contributed by atoms with Gasteiger partial charge in [0, 0.05) is 16.5 Å². The second-order valence-electron chi connectivity index (χ2n) is 8.71. The van der Waals surface area contributed by atoms with Gasteiger partial charge >= 0.3 is 0 Å². The Kier molecular flexibility index (Phi) is 5.00. The van der Waals surface area contributed by atoms with Crippen molar-refractivity contribution in [1.82, 2.24) is 4.57 Å². The lowest BCUT2D eigenvalue weighted by Crippen LogP contribution is -2.30. The Morgan fingerprint density at radius 3 is 2.19 bits per heavy atom. The quantitative estimate of drug-likeness (QED) is 0.574. The minimum absolute atomic E-state index is 0.0953. The van der Waals surface area contributed by atoms with Crippen LogP contribution < -0.4 is 4.80 Å². The van der Waals surface area contributed by atoms with Crippen molar-refractivity contribution in [1.29, 1.82) is 0 Å². The largest absolute Gasteiger partial charge is 0.472 e. The molecule has 142 valence electrons. The summed E-state index contributed by atoms with van der Waals surface area (Å²) >= 11 is 1.48. The second kappa shape index (κ2) is 6.97. The van der Waals surface area contributed by atoms with E-state index in [4.69, 9.17) is 9.41 Å². The van der Waals surface area contributed by atoms with Crippen molar-refractivity contribution >= 4 is 22.9 Å². The Bertz CT molecular complexity index is 993. The number of nitrogens with zero attached hydrogens (tertiary/aromatic N) is 2. The van der Waals surface area contributed by atoms with Gasteiger partial charge in [0.15, 0.2) is 4.80 Å². The van der Waals surface area contributed by atoms with Gasteiger partial charge in [-0.15, -0.1) is 11.3 Å². The van der Waals surface area contributed by atoms with Crippen LogP contribution in [0, 0.1) is 0 Å². The summed E-state index contributed by atoms with van der Waals surface area (Å²) in [6, 6.07) is 9.88. The number of furan rings is 1. The number of hydrogen-bond donors (Lipinski definition) is 0. The molecule has 0 unspecified atom stereocenters. The van der Waals surface area contributed by atoms with E-state index in [9.17, 15) is 4.79 Å². The van der Waals surface area contributed by atoms with E-state index in [2.05, 4.69) is 53.7 Å². The maximum absolute atomic E-state index is 13.1. The fraction of sp³-hybridized carbons (Fsp3) is 0.364. The van der Waals surface area contributed by atoms with E-state index in [0.717, 1.165) is 11.4 Å². The lowest BCUT2D eigenvalue weighted by Gasteiger charge is -2.20. The summed E-state index contributed by atoms with van der Waals surface area (Å²) in [4.78, 5) is 18.5. The molecule has 0 N–H and O–H groups in total. The molecule has 0 amide bonds. The van der Waals surface area contributed by atoms with Crippen LogP contribution in [0.5, 0.6) is 0 Å². The van der Waals surface area contributed by atoms with Gasteiger partial charge in [-0.05, 0) is 29.2 Å². The zero-order valence-corrected chi connectivity index (χ0v) is 17.6. The minimum atomic E-state index is -0.181. The first-order valence-corrected chi connectivity index (χ1v) is 9.88. The number of hydrogen-bond acceptors (Lipinski definition) is 4. The average molecular weight is 383 g/mol. The Morgan fingerprint density at radius 1 is 1.00 bits per heavy atom. The Balaban J connectivity index is 2.12. The van der Waals surface area contributed by atoms with Crippen molar-refractivity contribution in [3.63, 3.8) is 0 Å². The Labute approximate surface area is 164 Å². The molecule has 2 aromatic heterocycles. The van der Waals surface area contributed by atoms with Gasteiger partial charge < -0.3 is 4.42 Å². The molecule has 2 heterocycles. The van der Waals surface area contributed by atoms with E-state index >= 15 is 0 Å². The van der Waals surface area contributed by atoms with E-state index in [1.807, 2.05) is 17.5 Å². The van der Waals surface area contributed by atoms with Crippen molar-refractivity contribution in [2.45, 2.75) is 52.4 Å². The number of aromatic nitrogens is 1. The molecule has 3 rings (SSSR count). The molecule has 0 aliphatic heterocycles. The Morgan fingerprint density at radius 2 is 1.67 bits per heavy atom. The smallest absolute Gasteiger partial charge is 0.267 e. The van der Waals surface area contributed by atoms with Crippen LogP contribution in [-0.4, -0.2) is 10.5 Å².